The fourth-order valence-corrected chi connectivity index (χ4v) is 2.68. The molecule has 1 atom stereocenters. The molecule has 0 aliphatic rings. The number of rotatable bonds is 8. The molecule has 0 fully saturated rings. The van der Waals surface area contributed by atoms with Gasteiger partial charge in [-0.15, -0.1) is 0 Å². The molecule has 0 aliphatic heterocycles. The minimum absolute atomic E-state index is 0.131. The summed E-state index contributed by atoms with van der Waals surface area (Å²) in [6.07, 6.45) is 5.17. The second-order valence-corrected chi connectivity index (χ2v) is 5.94. The average Bonchev–Trinajstić information content (AvgIpc) is 3.26. The summed E-state index contributed by atoms with van der Waals surface area (Å²) in [4.78, 5) is 21.8. The molecule has 2 aromatic heterocycles. The smallest absolute Gasteiger partial charge is 0.325 e. The third kappa shape index (κ3) is 4.17. The molecule has 0 aliphatic carbocycles. The van der Waals surface area contributed by atoms with Gasteiger partial charge in [-0.25, -0.2) is 33.0 Å². The number of aromatic nitrogens is 6. The summed E-state index contributed by atoms with van der Waals surface area (Å²) in [6.45, 7) is -0.352. The van der Waals surface area contributed by atoms with Crippen LogP contribution in [0.15, 0.2) is 43.5 Å². The Morgan fingerprint density at radius 2 is 1.73 bits per heavy atom. The molecule has 2 heterocycles. The van der Waals surface area contributed by atoms with Crippen molar-refractivity contribution in [2.24, 2.45) is 0 Å². The maximum atomic E-state index is 14.5. The average molecular weight is 386 g/mol. The van der Waals surface area contributed by atoms with Crippen LogP contribution in [-0.2, 0) is 32.8 Å². The van der Waals surface area contributed by atoms with Gasteiger partial charge in [-0.3, -0.25) is 4.57 Å². The van der Waals surface area contributed by atoms with Crippen LogP contribution in [0.2, 0.25) is 0 Å². The third-order valence-electron chi connectivity index (χ3n) is 3.46. The maximum absolute atomic E-state index is 14.5. The second kappa shape index (κ2) is 7.79. The van der Waals surface area contributed by atoms with Crippen molar-refractivity contribution in [3.63, 3.8) is 0 Å². The lowest BCUT2D eigenvalue weighted by Crippen LogP contribution is -2.40. The zero-order valence-corrected chi connectivity index (χ0v) is 14.1. The second-order valence-electron chi connectivity index (χ2n) is 5.24. The minimum atomic E-state index is -3.51. The van der Waals surface area contributed by atoms with Gasteiger partial charge in [-0.2, -0.15) is 14.9 Å². The Kier molecular flexibility index (Phi) is 5.47. The summed E-state index contributed by atoms with van der Waals surface area (Å²) < 4.78 is 46.0. The standard InChI is InChI=1S/C13H13F2N6O4P/c14-10-1-2-11(12(15)3-10)13(24-25-26(22)23,4-20-8-16-6-18-20)5-21-9-17-7-19-21/h1-3,6-9,26H,4-5H2,(H,22,23). The van der Waals surface area contributed by atoms with Gasteiger partial charge in [-0.1, -0.05) is 6.07 Å². The first-order valence-electron chi connectivity index (χ1n) is 7.17. The number of nitrogens with zero attached hydrogens (tertiary/aromatic N) is 6. The molecule has 0 spiro atoms. The Labute approximate surface area is 145 Å². The summed E-state index contributed by atoms with van der Waals surface area (Å²) in [7, 11) is -3.51. The van der Waals surface area contributed by atoms with Crippen LogP contribution in [0, 0.1) is 11.6 Å². The van der Waals surface area contributed by atoms with E-state index in [1.807, 2.05) is 0 Å². The van der Waals surface area contributed by atoms with E-state index < -0.39 is 25.5 Å². The molecule has 3 aromatic rings. The van der Waals surface area contributed by atoms with Crippen LogP contribution in [-0.4, -0.2) is 34.4 Å². The number of hydrogen-bond acceptors (Lipinski definition) is 7. The molecule has 1 unspecified atom stereocenters. The Morgan fingerprint density at radius 1 is 1.12 bits per heavy atom. The van der Waals surface area contributed by atoms with Crippen molar-refractivity contribution in [3.8, 4) is 0 Å². The molecular weight excluding hydrogens is 373 g/mol. The molecule has 0 saturated carbocycles. The van der Waals surface area contributed by atoms with Crippen LogP contribution in [0.5, 0.6) is 0 Å². The molecule has 1 aromatic carbocycles. The lowest BCUT2D eigenvalue weighted by atomic mass is 9.92. The number of halogens is 2. The van der Waals surface area contributed by atoms with Crippen LogP contribution in [0.3, 0.4) is 0 Å². The third-order valence-corrected chi connectivity index (χ3v) is 3.69. The lowest BCUT2D eigenvalue weighted by Gasteiger charge is -2.32. The molecule has 26 heavy (non-hydrogen) atoms. The highest BCUT2D eigenvalue weighted by molar-refractivity contribution is 7.31. The zero-order chi connectivity index (χ0) is 18.6. The van der Waals surface area contributed by atoms with Gasteiger partial charge < -0.3 is 4.89 Å². The first kappa shape index (κ1) is 18.3. The molecule has 0 amide bonds. The van der Waals surface area contributed by atoms with Crippen molar-refractivity contribution in [1.29, 1.82) is 0 Å². The van der Waals surface area contributed by atoms with Gasteiger partial charge in [0.2, 0.25) is 0 Å². The monoisotopic (exact) mass is 386 g/mol. The van der Waals surface area contributed by atoms with Crippen molar-refractivity contribution < 1.29 is 27.8 Å². The molecule has 138 valence electrons. The van der Waals surface area contributed by atoms with Gasteiger partial charge in [0, 0.05) is 11.6 Å². The highest BCUT2D eigenvalue weighted by Gasteiger charge is 2.40. The van der Waals surface area contributed by atoms with E-state index in [1.165, 1.54) is 34.7 Å². The van der Waals surface area contributed by atoms with Crippen molar-refractivity contribution in [3.05, 3.63) is 60.7 Å². The van der Waals surface area contributed by atoms with Crippen LogP contribution in [0.4, 0.5) is 8.78 Å². The van der Waals surface area contributed by atoms with Gasteiger partial charge in [0.25, 0.3) is 0 Å². The lowest BCUT2D eigenvalue weighted by molar-refractivity contribution is -0.310. The summed E-state index contributed by atoms with van der Waals surface area (Å²) in [5.74, 6) is -1.73. The van der Waals surface area contributed by atoms with E-state index in [0.717, 1.165) is 12.1 Å². The predicted octanol–water partition coefficient (Wildman–Crippen LogP) is 1.07. The van der Waals surface area contributed by atoms with E-state index >= 15 is 0 Å². The van der Waals surface area contributed by atoms with Gasteiger partial charge in [0.15, 0.2) is 5.60 Å². The first-order chi connectivity index (χ1) is 12.5. The molecule has 0 radical (unpaired) electrons. The summed E-state index contributed by atoms with van der Waals surface area (Å²) in [5, 5.41) is 7.85. The topological polar surface area (TPSA) is 117 Å². The van der Waals surface area contributed by atoms with E-state index in [1.54, 1.807) is 0 Å². The van der Waals surface area contributed by atoms with Crippen LogP contribution >= 0.6 is 8.25 Å². The zero-order valence-electron chi connectivity index (χ0n) is 13.1. The largest absolute Gasteiger partial charge is 0.344 e. The van der Waals surface area contributed by atoms with Gasteiger partial charge in [0.1, 0.15) is 36.9 Å². The van der Waals surface area contributed by atoms with Gasteiger partial charge >= 0.3 is 8.25 Å². The van der Waals surface area contributed by atoms with E-state index in [4.69, 9.17) is 9.78 Å². The van der Waals surface area contributed by atoms with E-state index in [9.17, 15) is 13.3 Å². The highest BCUT2D eigenvalue weighted by atomic mass is 31.1. The number of benzene rings is 1. The fourth-order valence-electron chi connectivity index (χ4n) is 2.44. The highest BCUT2D eigenvalue weighted by Crippen LogP contribution is 2.35. The van der Waals surface area contributed by atoms with E-state index in [0.29, 0.717) is 6.07 Å². The Bertz CT molecular complexity index is 841. The van der Waals surface area contributed by atoms with Crippen molar-refractivity contribution >= 4 is 8.25 Å². The van der Waals surface area contributed by atoms with Crippen molar-refractivity contribution in [1.82, 2.24) is 29.5 Å². The quantitative estimate of drug-likeness (QED) is 0.347. The molecule has 0 bridgehead atoms. The fraction of sp³-hybridized carbons (Fsp3) is 0.231. The summed E-state index contributed by atoms with van der Waals surface area (Å²) in [5.41, 5.74) is -1.85. The van der Waals surface area contributed by atoms with Gasteiger partial charge in [-0.05, 0) is 6.07 Å². The maximum Gasteiger partial charge on any atom is 0.344 e. The number of hydrogen-bond donors (Lipinski definition) is 1. The molecule has 13 heteroatoms. The molecule has 3 rings (SSSR count). The van der Waals surface area contributed by atoms with Gasteiger partial charge in [0.05, 0.1) is 13.1 Å². The Morgan fingerprint density at radius 3 is 2.19 bits per heavy atom. The minimum Gasteiger partial charge on any atom is -0.325 e. The SMILES string of the molecule is O=[PH](O)OOC(Cn1cncn1)(Cn1cncn1)c1ccc(F)cc1F. The molecule has 1 N–H and O–H groups in total. The van der Waals surface area contributed by atoms with Crippen molar-refractivity contribution in [2.75, 3.05) is 0 Å². The summed E-state index contributed by atoms with van der Waals surface area (Å²) in [6, 6.07) is 2.84. The van der Waals surface area contributed by atoms with Crippen molar-refractivity contribution in [2.45, 2.75) is 18.7 Å². The Balaban J connectivity index is 2.09. The van der Waals surface area contributed by atoms with Crippen LogP contribution in [0.1, 0.15) is 5.56 Å². The predicted molar refractivity (Wildman–Crippen MR) is 81.5 cm³/mol. The van der Waals surface area contributed by atoms with E-state index in [2.05, 4.69) is 24.8 Å². The molecular formula is C13H13F2N6O4P. The van der Waals surface area contributed by atoms with E-state index in [-0.39, 0.29) is 18.7 Å². The van der Waals surface area contributed by atoms with Crippen LogP contribution < -0.4 is 0 Å². The molecule has 0 saturated heterocycles. The first-order valence-corrected chi connectivity index (χ1v) is 8.44. The Hall–Kier alpha value is -2.53. The normalized spacial score (nSPS) is 13.0. The van der Waals surface area contributed by atoms with Crippen LogP contribution in [0.25, 0.3) is 0 Å². The molecule has 10 nitrogen and oxygen atoms in total. The summed E-state index contributed by atoms with van der Waals surface area (Å²) >= 11 is 0.